The topological polar surface area (TPSA) is 52.6 Å². The predicted molar refractivity (Wildman–Crippen MR) is 59.2 cm³/mol. The second kappa shape index (κ2) is 6.24. The van der Waals surface area contributed by atoms with Gasteiger partial charge in [0.15, 0.2) is 0 Å². The number of halogens is 6. The molecule has 0 N–H and O–H groups in total. The van der Waals surface area contributed by atoms with E-state index in [1.54, 1.807) is 0 Å². The molecular formula is C12H8F6O4. The van der Waals surface area contributed by atoms with Crippen LogP contribution in [0.3, 0.4) is 0 Å². The summed E-state index contributed by atoms with van der Waals surface area (Å²) < 4.78 is 80.5. The predicted octanol–water partition coefficient (Wildman–Crippen LogP) is 3.18. The zero-order valence-electron chi connectivity index (χ0n) is 10.8. The largest absolute Gasteiger partial charge is 0.491 e. The number of carbonyl (C=O) groups is 2. The molecule has 0 aliphatic rings. The minimum Gasteiger partial charge on any atom is -0.420 e. The number of carbonyl (C=O) groups excluding carboxylic acids is 2. The maximum atomic E-state index is 12.1. The van der Waals surface area contributed by atoms with Crippen molar-refractivity contribution in [2.75, 3.05) is 0 Å². The Morgan fingerprint density at radius 2 is 1.45 bits per heavy atom. The molecule has 0 amide bonds. The van der Waals surface area contributed by atoms with E-state index in [1.807, 2.05) is 0 Å². The molecule has 0 aromatic heterocycles. The van der Waals surface area contributed by atoms with Gasteiger partial charge in [0, 0.05) is 6.07 Å². The average molecular weight is 330 g/mol. The standard InChI is InChI=1S/C12H8F6O4/c1-2-6-3-4-7(21-9(19)11(13,14)15)5-8(6)22-10(20)12(16,17)18/h3-5H,2H2,1H3. The normalized spacial score (nSPS) is 12.0. The Hall–Kier alpha value is -2.26. The van der Waals surface area contributed by atoms with Crippen LogP contribution in [0.1, 0.15) is 12.5 Å². The van der Waals surface area contributed by atoms with E-state index in [-0.39, 0.29) is 12.0 Å². The van der Waals surface area contributed by atoms with Crippen LogP contribution in [-0.4, -0.2) is 24.3 Å². The number of ether oxygens (including phenoxy) is 2. The Balaban J connectivity index is 3.04. The maximum absolute atomic E-state index is 12.1. The van der Waals surface area contributed by atoms with E-state index in [1.165, 1.54) is 6.92 Å². The molecule has 1 aromatic rings. The van der Waals surface area contributed by atoms with Crippen LogP contribution >= 0.6 is 0 Å². The maximum Gasteiger partial charge on any atom is 0.491 e. The Kier molecular flexibility index (Phi) is 5.05. The van der Waals surface area contributed by atoms with Crippen molar-refractivity contribution in [1.29, 1.82) is 0 Å². The summed E-state index contributed by atoms with van der Waals surface area (Å²) in [6, 6.07) is 2.62. The third-order valence-corrected chi connectivity index (χ3v) is 2.30. The highest BCUT2D eigenvalue weighted by Gasteiger charge is 2.42. The molecule has 122 valence electrons. The van der Waals surface area contributed by atoms with Gasteiger partial charge in [-0.25, -0.2) is 9.59 Å². The highest BCUT2D eigenvalue weighted by atomic mass is 19.4. The fourth-order valence-electron chi connectivity index (χ4n) is 1.31. The van der Waals surface area contributed by atoms with Crippen molar-refractivity contribution in [3.8, 4) is 11.5 Å². The number of hydrogen-bond donors (Lipinski definition) is 0. The Morgan fingerprint density at radius 1 is 0.955 bits per heavy atom. The van der Waals surface area contributed by atoms with E-state index in [0.29, 0.717) is 6.07 Å². The van der Waals surface area contributed by atoms with Crippen LogP contribution in [0.4, 0.5) is 26.3 Å². The molecule has 4 nitrogen and oxygen atoms in total. The van der Waals surface area contributed by atoms with Crippen LogP contribution in [0, 0.1) is 0 Å². The average Bonchev–Trinajstić information content (AvgIpc) is 2.36. The quantitative estimate of drug-likeness (QED) is 0.485. The summed E-state index contributed by atoms with van der Waals surface area (Å²) in [6.07, 6.45) is -10.4. The van der Waals surface area contributed by atoms with Gasteiger partial charge in [0.2, 0.25) is 0 Å². The van der Waals surface area contributed by atoms with Crippen LogP contribution in [0.2, 0.25) is 0 Å². The van der Waals surface area contributed by atoms with Crippen LogP contribution in [0.15, 0.2) is 18.2 Å². The zero-order valence-corrected chi connectivity index (χ0v) is 10.8. The smallest absolute Gasteiger partial charge is 0.420 e. The van der Waals surface area contributed by atoms with Crippen LogP contribution in [0.25, 0.3) is 0 Å². The Bertz CT molecular complexity index is 576. The zero-order chi connectivity index (χ0) is 17.1. The number of esters is 2. The van der Waals surface area contributed by atoms with Crippen molar-refractivity contribution >= 4 is 11.9 Å². The summed E-state index contributed by atoms with van der Waals surface area (Å²) >= 11 is 0. The van der Waals surface area contributed by atoms with Gasteiger partial charge in [0.25, 0.3) is 0 Å². The van der Waals surface area contributed by atoms with Gasteiger partial charge in [-0.15, -0.1) is 0 Å². The molecule has 0 aliphatic heterocycles. The highest BCUT2D eigenvalue weighted by molar-refractivity contribution is 5.79. The first kappa shape index (κ1) is 17.8. The molecule has 22 heavy (non-hydrogen) atoms. The molecule has 0 aliphatic carbocycles. The number of benzene rings is 1. The Labute approximate surface area is 119 Å². The summed E-state index contributed by atoms with van der Waals surface area (Å²) in [4.78, 5) is 21.4. The minimum absolute atomic E-state index is 0.115. The van der Waals surface area contributed by atoms with E-state index in [2.05, 4.69) is 9.47 Å². The third kappa shape index (κ3) is 4.64. The molecule has 1 rings (SSSR count). The highest BCUT2D eigenvalue weighted by Crippen LogP contribution is 2.29. The van der Waals surface area contributed by atoms with E-state index in [0.717, 1.165) is 12.1 Å². The van der Waals surface area contributed by atoms with Crippen molar-refractivity contribution < 1.29 is 45.4 Å². The van der Waals surface area contributed by atoms with E-state index in [4.69, 9.17) is 0 Å². The van der Waals surface area contributed by atoms with Gasteiger partial charge in [-0.3, -0.25) is 0 Å². The molecule has 0 saturated carbocycles. The first-order valence-corrected chi connectivity index (χ1v) is 5.66. The lowest BCUT2D eigenvalue weighted by atomic mass is 10.1. The molecule has 0 radical (unpaired) electrons. The summed E-state index contributed by atoms with van der Waals surface area (Å²) in [7, 11) is 0. The van der Waals surface area contributed by atoms with E-state index < -0.39 is 35.8 Å². The molecule has 0 bridgehead atoms. The lowest BCUT2D eigenvalue weighted by Crippen LogP contribution is -2.29. The van der Waals surface area contributed by atoms with Gasteiger partial charge in [-0.2, -0.15) is 26.3 Å². The molecule has 0 heterocycles. The van der Waals surface area contributed by atoms with Crippen LogP contribution in [-0.2, 0) is 16.0 Å². The van der Waals surface area contributed by atoms with Crippen LogP contribution in [0.5, 0.6) is 11.5 Å². The number of hydrogen-bond acceptors (Lipinski definition) is 4. The molecular weight excluding hydrogens is 322 g/mol. The van der Waals surface area contributed by atoms with Crippen molar-refractivity contribution in [3.63, 3.8) is 0 Å². The summed E-state index contributed by atoms with van der Waals surface area (Å²) in [5.41, 5.74) is 0.115. The van der Waals surface area contributed by atoms with Crippen molar-refractivity contribution in [2.45, 2.75) is 25.7 Å². The third-order valence-electron chi connectivity index (χ3n) is 2.30. The lowest BCUT2D eigenvalue weighted by molar-refractivity contribution is -0.190. The summed E-state index contributed by atoms with van der Waals surface area (Å²) in [5, 5.41) is 0. The second-order valence-corrected chi connectivity index (χ2v) is 3.90. The molecule has 0 fully saturated rings. The first-order chi connectivity index (χ1) is 9.95. The molecule has 10 heteroatoms. The van der Waals surface area contributed by atoms with Gasteiger partial charge in [-0.05, 0) is 18.1 Å². The summed E-state index contributed by atoms with van der Waals surface area (Å²) in [5.74, 6) is -6.44. The van der Waals surface area contributed by atoms with Crippen LogP contribution < -0.4 is 9.47 Å². The van der Waals surface area contributed by atoms with Crippen molar-refractivity contribution in [2.24, 2.45) is 0 Å². The molecule has 0 unspecified atom stereocenters. The second-order valence-electron chi connectivity index (χ2n) is 3.90. The molecule has 0 spiro atoms. The molecule has 1 aromatic carbocycles. The SMILES string of the molecule is CCc1ccc(OC(=O)C(F)(F)F)cc1OC(=O)C(F)(F)F. The van der Waals surface area contributed by atoms with Gasteiger partial charge >= 0.3 is 24.3 Å². The number of aryl methyl sites for hydroxylation is 1. The number of alkyl halides is 6. The van der Waals surface area contributed by atoms with Gasteiger partial charge < -0.3 is 9.47 Å². The molecule has 0 saturated heterocycles. The fraction of sp³-hybridized carbons (Fsp3) is 0.333. The van der Waals surface area contributed by atoms with E-state index >= 15 is 0 Å². The Morgan fingerprint density at radius 3 is 1.91 bits per heavy atom. The minimum atomic E-state index is -5.27. The van der Waals surface area contributed by atoms with Crippen molar-refractivity contribution in [1.82, 2.24) is 0 Å². The van der Waals surface area contributed by atoms with Gasteiger partial charge in [-0.1, -0.05) is 13.0 Å². The van der Waals surface area contributed by atoms with Crippen molar-refractivity contribution in [3.05, 3.63) is 23.8 Å². The monoisotopic (exact) mass is 330 g/mol. The fourth-order valence-corrected chi connectivity index (χ4v) is 1.31. The number of rotatable bonds is 3. The molecule has 0 atom stereocenters. The lowest BCUT2D eigenvalue weighted by Gasteiger charge is -2.12. The summed E-state index contributed by atoms with van der Waals surface area (Å²) in [6.45, 7) is 1.52. The van der Waals surface area contributed by atoms with Gasteiger partial charge in [0.05, 0.1) is 0 Å². The van der Waals surface area contributed by atoms with Gasteiger partial charge in [0.1, 0.15) is 11.5 Å². The van der Waals surface area contributed by atoms with E-state index in [9.17, 15) is 35.9 Å². The first-order valence-electron chi connectivity index (χ1n) is 5.66.